The van der Waals surface area contributed by atoms with Crippen LogP contribution in [0.15, 0.2) is 24.3 Å². The Hall–Kier alpha value is -1.80. The summed E-state index contributed by atoms with van der Waals surface area (Å²) in [6.45, 7) is 3.62. The lowest BCUT2D eigenvalue weighted by Crippen LogP contribution is -2.46. The van der Waals surface area contributed by atoms with E-state index in [1.54, 1.807) is 14.0 Å². The number of hydrogen-bond acceptors (Lipinski definition) is 5. The van der Waals surface area contributed by atoms with Crippen LogP contribution in [0.1, 0.15) is 19.8 Å². The van der Waals surface area contributed by atoms with Gasteiger partial charge in [-0.3, -0.25) is 4.79 Å². The first kappa shape index (κ1) is 20.5. The second-order valence-corrected chi connectivity index (χ2v) is 8.77. The van der Waals surface area contributed by atoms with Crippen LogP contribution in [0.4, 0.5) is 5.69 Å². The summed E-state index contributed by atoms with van der Waals surface area (Å²) in [5.41, 5.74) is 1.04. The fourth-order valence-corrected chi connectivity index (χ4v) is 4.23. The van der Waals surface area contributed by atoms with Gasteiger partial charge in [0, 0.05) is 38.9 Å². The molecule has 7 nitrogen and oxygen atoms in total. The number of nitrogens with one attached hydrogen (secondary N) is 1. The van der Waals surface area contributed by atoms with Crippen molar-refractivity contribution in [2.45, 2.75) is 19.8 Å². The molecule has 0 aliphatic carbocycles. The molecule has 26 heavy (non-hydrogen) atoms. The summed E-state index contributed by atoms with van der Waals surface area (Å²) >= 11 is 0. The number of amides is 1. The highest BCUT2D eigenvalue weighted by atomic mass is 32.2. The fraction of sp³-hybridized carbons (Fsp3) is 0.611. The summed E-state index contributed by atoms with van der Waals surface area (Å²) in [6.07, 6.45) is 1.46. The molecule has 2 rings (SSSR count). The third kappa shape index (κ3) is 5.35. The molecule has 0 unspecified atom stereocenters. The highest BCUT2D eigenvalue weighted by Crippen LogP contribution is 2.20. The summed E-state index contributed by atoms with van der Waals surface area (Å²) in [4.78, 5) is 14.4. The summed E-state index contributed by atoms with van der Waals surface area (Å²) in [7, 11) is 0.365. The number of carbonyl (C=O) groups is 1. The van der Waals surface area contributed by atoms with Crippen molar-refractivity contribution in [2.24, 2.45) is 5.92 Å². The van der Waals surface area contributed by atoms with Gasteiger partial charge in [0.15, 0.2) is 0 Å². The zero-order chi connectivity index (χ0) is 19.2. The van der Waals surface area contributed by atoms with Crippen molar-refractivity contribution in [1.82, 2.24) is 9.62 Å². The molecule has 1 fully saturated rings. The number of piperidine rings is 1. The number of ether oxygens (including phenoxy) is 1. The molecule has 1 atom stereocenters. The Morgan fingerprint density at radius 1 is 1.35 bits per heavy atom. The number of carbonyl (C=O) groups excluding carboxylic acids is 1. The molecule has 0 aromatic heterocycles. The molecule has 1 aromatic carbocycles. The highest BCUT2D eigenvalue weighted by molar-refractivity contribution is 7.89. The summed E-state index contributed by atoms with van der Waals surface area (Å²) < 4.78 is 30.6. The zero-order valence-corrected chi connectivity index (χ0v) is 16.6. The molecule has 1 saturated heterocycles. The smallest absolute Gasteiger partial charge is 0.224 e. The number of sulfonamides is 1. The van der Waals surface area contributed by atoms with E-state index >= 15 is 0 Å². The van der Waals surface area contributed by atoms with E-state index in [0.717, 1.165) is 24.3 Å². The third-order valence-electron chi connectivity index (χ3n) is 4.77. The Labute approximate surface area is 156 Å². The first-order chi connectivity index (χ1) is 12.4. The number of hydrogen-bond donors (Lipinski definition) is 1. The lowest BCUT2D eigenvalue weighted by Gasteiger charge is -2.31. The normalized spacial score (nSPS) is 18.3. The van der Waals surface area contributed by atoms with Crippen molar-refractivity contribution in [3.63, 3.8) is 0 Å². The minimum Gasteiger partial charge on any atom is -0.497 e. The third-order valence-corrected chi connectivity index (χ3v) is 6.62. The molecule has 0 bridgehead atoms. The van der Waals surface area contributed by atoms with Gasteiger partial charge in [0.25, 0.3) is 0 Å². The van der Waals surface area contributed by atoms with Gasteiger partial charge in [-0.15, -0.1) is 0 Å². The molecule has 1 N–H and O–H groups in total. The highest BCUT2D eigenvalue weighted by Gasteiger charge is 2.31. The van der Waals surface area contributed by atoms with Crippen LogP contribution in [-0.4, -0.2) is 64.7 Å². The maximum Gasteiger partial charge on any atom is 0.224 e. The molecule has 1 aliphatic heterocycles. The van der Waals surface area contributed by atoms with Crippen molar-refractivity contribution >= 4 is 21.6 Å². The van der Waals surface area contributed by atoms with Crippen molar-refractivity contribution < 1.29 is 17.9 Å². The van der Waals surface area contributed by atoms with Gasteiger partial charge < -0.3 is 15.0 Å². The largest absolute Gasteiger partial charge is 0.497 e. The molecule has 1 heterocycles. The molecule has 0 spiro atoms. The lowest BCUT2D eigenvalue weighted by molar-refractivity contribution is -0.126. The first-order valence-electron chi connectivity index (χ1n) is 8.98. The van der Waals surface area contributed by atoms with Crippen molar-refractivity contribution in [3.05, 3.63) is 24.3 Å². The van der Waals surface area contributed by atoms with E-state index in [2.05, 4.69) is 10.2 Å². The van der Waals surface area contributed by atoms with Gasteiger partial charge in [-0.2, -0.15) is 0 Å². The van der Waals surface area contributed by atoms with E-state index in [0.29, 0.717) is 19.6 Å². The second kappa shape index (κ2) is 9.23. The predicted octanol–water partition coefficient (Wildman–Crippen LogP) is 1.31. The maximum atomic E-state index is 12.4. The quantitative estimate of drug-likeness (QED) is 0.732. The number of anilines is 1. The van der Waals surface area contributed by atoms with E-state index < -0.39 is 10.0 Å². The van der Waals surface area contributed by atoms with E-state index in [9.17, 15) is 13.2 Å². The van der Waals surface area contributed by atoms with Crippen LogP contribution in [0.5, 0.6) is 5.75 Å². The Kier molecular flexibility index (Phi) is 7.28. The average molecular weight is 384 g/mol. The van der Waals surface area contributed by atoms with E-state index in [1.165, 1.54) is 4.31 Å². The van der Waals surface area contributed by atoms with Gasteiger partial charge in [-0.25, -0.2) is 12.7 Å². The number of rotatable bonds is 8. The number of nitrogens with zero attached hydrogens (tertiary/aromatic N) is 2. The molecule has 0 saturated carbocycles. The molecule has 1 aromatic rings. The van der Waals surface area contributed by atoms with Crippen LogP contribution in [0, 0.1) is 5.92 Å². The van der Waals surface area contributed by atoms with Crippen LogP contribution in [0.2, 0.25) is 0 Å². The van der Waals surface area contributed by atoms with Gasteiger partial charge in [0.1, 0.15) is 5.75 Å². The monoisotopic (exact) mass is 383 g/mol. The van der Waals surface area contributed by atoms with E-state index in [1.807, 2.05) is 31.3 Å². The van der Waals surface area contributed by atoms with Crippen LogP contribution >= 0.6 is 0 Å². The van der Waals surface area contributed by atoms with E-state index in [4.69, 9.17) is 4.74 Å². The SMILES string of the molecule is CCS(=O)(=O)N1CCC[C@@H](C(=O)NCCN(C)c2ccc(OC)cc2)C1. The standard InChI is InChI=1S/C18H29N3O4S/c1-4-26(23,24)21-12-5-6-15(14-21)18(22)19-11-13-20(2)16-7-9-17(25-3)10-8-16/h7-10,15H,4-6,11-14H2,1-3H3,(H,19,22)/t15-/m1/s1. The van der Waals surface area contributed by atoms with E-state index in [-0.39, 0.29) is 24.1 Å². The topological polar surface area (TPSA) is 79.0 Å². The van der Waals surface area contributed by atoms with Gasteiger partial charge in [0.2, 0.25) is 15.9 Å². The number of methoxy groups -OCH3 is 1. The van der Waals surface area contributed by atoms with Gasteiger partial charge >= 0.3 is 0 Å². The van der Waals surface area contributed by atoms with Gasteiger partial charge in [-0.1, -0.05) is 0 Å². The van der Waals surface area contributed by atoms with Crippen LogP contribution in [0.3, 0.4) is 0 Å². The summed E-state index contributed by atoms with van der Waals surface area (Å²) in [6, 6.07) is 7.73. The molecule has 0 radical (unpaired) electrons. The molecule has 1 amide bonds. The fourth-order valence-electron chi connectivity index (χ4n) is 3.05. The number of likely N-dealkylation sites (N-methyl/N-ethyl adjacent to an activating group) is 1. The zero-order valence-electron chi connectivity index (χ0n) is 15.8. The second-order valence-electron chi connectivity index (χ2n) is 6.51. The molecular formula is C18H29N3O4S. The first-order valence-corrected chi connectivity index (χ1v) is 10.6. The summed E-state index contributed by atoms with van der Waals surface area (Å²) in [5, 5.41) is 2.94. The van der Waals surface area contributed by atoms with Crippen molar-refractivity contribution in [3.8, 4) is 5.75 Å². The summed E-state index contributed by atoms with van der Waals surface area (Å²) in [5.74, 6) is 0.549. The Morgan fingerprint density at radius 3 is 2.65 bits per heavy atom. The Morgan fingerprint density at radius 2 is 2.04 bits per heavy atom. The Balaban J connectivity index is 1.80. The van der Waals surface area contributed by atoms with Gasteiger partial charge in [0.05, 0.1) is 18.8 Å². The average Bonchev–Trinajstić information content (AvgIpc) is 2.68. The molecule has 8 heteroatoms. The molecule has 1 aliphatic rings. The van der Waals surface area contributed by atoms with Crippen molar-refractivity contribution in [1.29, 1.82) is 0 Å². The maximum absolute atomic E-state index is 12.4. The number of benzene rings is 1. The van der Waals surface area contributed by atoms with Crippen molar-refractivity contribution in [2.75, 3.05) is 51.0 Å². The minimum atomic E-state index is -3.23. The minimum absolute atomic E-state index is 0.0656. The molecule has 146 valence electrons. The van der Waals surface area contributed by atoms with Crippen LogP contribution in [0.25, 0.3) is 0 Å². The van der Waals surface area contributed by atoms with Gasteiger partial charge in [-0.05, 0) is 44.0 Å². The van der Waals surface area contributed by atoms with Crippen LogP contribution < -0.4 is 15.0 Å². The van der Waals surface area contributed by atoms with Crippen LogP contribution in [-0.2, 0) is 14.8 Å². The Bertz CT molecular complexity index is 691. The predicted molar refractivity (Wildman–Crippen MR) is 103 cm³/mol. The lowest BCUT2D eigenvalue weighted by atomic mass is 9.99. The molecular weight excluding hydrogens is 354 g/mol.